The van der Waals surface area contributed by atoms with Crippen LogP contribution in [0.25, 0.3) is 10.9 Å². The lowest BCUT2D eigenvalue weighted by molar-refractivity contribution is 0.0924. The molecule has 0 unspecified atom stereocenters. The molecule has 2 aromatic heterocycles. The van der Waals surface area contributed by atoms with Gasteiger partial charge in [-0.25, -0.2) is 4.68 Å². The van der Waals surface area contributed by atoms with Crippen LogP contribution in [-0.2, 0) is 17.7 Å². The average molecular weight is 487 g/mol. The van der Waals surface area contributed by atoms with E-state index in [4.69, 9.17) is 14.2 Å². The van der Waals surface area contributed by atoms with Gasteiger partial charge >= 0.3 is 0 Å². The van der Waals surface area contributed by atoms with Crippen LogP contribution >= 0.6 is 0 Å². The number of tetrazole rings is 1. The van der Waals surface area contributed by atoms with Crippen molar-refractivity contribution < 1.29 is 14.2 Å². The molecule has 0 radical (unpaired) electrons. The summed E-state index contributed by atoms with van der Waals surface area (Å²) in [5, 5.41) is 13.6. The number of para-hydroxylation sites is 1. The van der Waals surface area contributed by atoms with E-state index in [9.17, 15) is 4.79 Å². The molecular weight excluding hydrogens is 460 g/mol. The molecule has 3 aliphatic rings. The van der Waals surface area contributed by atoms with Crippen molar-refractivity contribution in [1.29, 1.82) is 0 Å². The molecule has 4 aromatic rings. The van der Waals surface area contributed by atoms with Crippen molar-refractivity contribution in [1.82, 2.24) is 25.2 Å². The summed E-state index contributed by atoms with van der Waals surface area (Å²) in [7, 11) is 0. The van der Waals surface area contributed by atoms with Gasteiger partial charge in [0.05, 0.1) is 18.2 Å². The summed E-state index contributed by atoms with van der Waals surface area (Å²) in [6, 6.07) is 13.5. The smallest absolute Gasteiger partial charge is 0.254 e. The van der Waals surface area contributed by atoms with Crippen LogP contribution in [0.15, 0.2) is 47.3 Å². The van der Waals surface area contributed by atoms with Crippen molar-refractivity contribution in [3.8, 4) is 11.5 Å². The predicted molar refractivity (Wildman–Crippen MR) is 132 cm³/mol. The number of nitrogens with one attached hydrogen (secondary N) is 1. The lowest BCUT2D eigenvalue weighted by Gasteiger charge is -2.30. The highest BCUT2D eigenvalue weighted by Crippen LogP contribution is 2.39. The zero-order chi connectivity index (χ0) is 24.1. The highest BCUT2D eigenvalue weighted by Gasteiger charge is 2.35. The third-order valence-corrected chi connectivity index (χ3v) is 7.27. The van der Waals surface area contributed by atoms with Gasteiger partial charge in [0.2, 0.25) is 0 Å². The first-order chi connectivity index (χ1) is 17.7. The summed E-state index contributed by atoms with van der Waals surface area (Å²) < 4.78 is 19.2. The zero-order valence-electron chi connectivity index (χ0n) is 19.7. The van der Waals surface area contributed by atoms with E-state index in [0.29, 0.717) is 48.2 Å². The minimum Gasteiger partial charge on any atom is -0.486 e. The van der Waals surface area contributed by atoms with Gasteiger partial charge in [0.15, 0.2) is 17.3 Å². The second-order valence-electron chi connectivity index (χ2n) is 9.47. The number of H-pyrrole nitrogens is 1. The van der Waals surface area contributed by atoms with Crippen LogP contribution in [0.3, 0.4) is 0 Å². The van der Waals surface area contributed by atoms with Gasteiger partial charge in [0.25, 0.3) is 5.56 Å². The number of fused-ring (bicyclic) bond motifs is 3. The molecule has 36 heavy (non-hydrogen) atoms. The number of rotatable bonds is 5. The van der Waals surface area contributed by atoms with Crippen molar-refractivity contribution in [2.75, 3.05) is 31.3 Å². The normalized spacial score (nSPS) is 19.6. The molecule has 1 fully saturated rings. The van der Waals surface area contributed by atoms with Crippen LogP contribution in [0.5, 0.6) is 11.5 Å². The monoisotopic (exact) mass is 486 g/mol. The number of aromatic amines is 1. The fourth-order valence-electron chi connectivity index (χ4n) is 5.56. The van der Waals surface area contributed by atoms with Crippen molar-refractivity contribution in [2.45, 2.75) is 38.0 Å². The first-order valence-corrected chi connectivity index (χ1v) is 12.4. The molecule has 3 aliphatic heterocycles. The quantitative estimate of drug-likeness (QED) is 0.459. The number of hydrogen-bond donors (Lipinski definition) is 1. The first-order valence-electron chi connectivity index (χ1n) is 12.4. The molecule has 184 valence electrons. The van der Waals surface area contributed by atoms with E-state index < -0.39 is 6.04 Å². The van der Waals surface area contributed by atoms with Crippen molar-refractivity contribution in [3.63, 3.8) is 0 Å². The maximum atomic E-state index is 13.6. The Morgan fingerprint density at radius 1 is 1.08 bits per heavy atom. The van der Waals surface area contributed by atoms with E-state index in [2.05, 4.69) is 37.5 Å². The average Bonchev–Trinajstić information content (AvgIpc) is 3.66. The molecule has 7 rings (SSSR count). The minimum atomic E-state index is -0.466. The summed E-state index contributed by atoms with van der Waals surface area (Å²) in [4.78, 5) is 18.9. The molecule has 0 amide bonds. The third-order valence-electron chi connectivity index (χ3n) is 7.27. The summed E-state index contributed by atoms with van der Waals surface area (Å²) in [6.07, 6.45) is 2.97. The lowest BCUT2D eigenvalue weighted by Crippen LogP contribution is -2.35. The number of aromatic nitrogens is 5. The molecule has 0 saturated carbocycles. The topological polar surface area (TPSA) is 107 Å². The van der Waals surface area contributed by atoms with Gasteiger partial charge in [-0.15, -0.1) is 5.10 Å². The fraction of sp³-hybridized carbons (Fsp3) is 0.385. The largest absolute Gasteiger partial charge is 0.486 e. The Balaban J connectivity index is 1.38. The van der Waals surface area contributed by atoms with Crippen LogP contribution in [0.4, 0.5) is 5.69 Å². The van der Waals surface area contributed by atoms with Crippen LogP contribution in [0.1, 0.15) is 35.8 Å². The van der Waals surface area contributed by atoms with Crippen molar-refractivity contribution in [2.24, 2.45) is 0 Å². The number of pyridine rings is 1. The highest BCUT2D eigenvalue weighted by molar-refractivity contribution is 5.83. The van der Waals surface area contributed by atoms with Gasteiger partial charge in [-0.3, -0.25) is 4.79 Å². The molecule has 2 aromatic carbocycles. The molecule has 2 atom stereocenters. The summed E-state index contributed by atoms with van der Waals surface area (Å²) in [5.74, 6) is 1.95. The van der Waals surface area contributed by atoms with E-state index in [1.165, 1.54) is 5.56 Å². The molecule has 1 N–H and O–H groups in total. The Kier molecular flexibility index (Phi) is 5.12. The summed E-state index contributed by atoms with van der Waals surface area (Å²) in [6.45, 7) is 3.06. The van der Waals surface area contributed by atoms with E-state index in [1.54, 1.807) is 4.68 Å². The van der Waals surface area contributed by atoms with Gasteiger partial charge in [0.1, 0.15) is 19.3 Å². The van der Waals surface area contributed by atoms with Gasteiger partial charge in [-0.2, -0.15) is 0 Å². The minimum absolute atomic E-state index is 0.0670. The van der Waals surface area contributed by atoms with Crippen LogP contribution in [0, 0.1) is 0 Å². The van der Waals surface area contributed by atoms with Crippen molar-refractivity contribution in [3.05, 3.63) is 69.8 Å². The Morgan fingerprint density at radius 3 is 2.81 bits per heavy atom. The van der Waals surface area contributed by atoms with E-state index >= 15 is 0 Å². The fourth-order valence-corrected chi connectivity index (χ4v) is 5.56. The standard InChI is InChI=1S/C26H26N6O4/c33-26-19(12-17-13-22-23(14-20(17)27-26)36-11-10-35-22)24(31-8-7-16-4-1-2-6-21(16)31)25-28-29-30-32(25)15-18-5-3-9-34-18/h1-2,4,6,12-14,18,24H,3,5,7-11,15H2,(H,27,33)/t18-,24+/m1/s1. The van der Waals surface area contributed by atoms with E-state index in [-0.39, 0.29) is 11.7 Å². The van der Waals surface area contributed by atoms with E-state index in [0.717, 1.165) is 43.5 Å². The molecule has 5 heterocycles. The highest BCUT2D eigenvalue weighted by atomic mass is 16.6. The van der Waals surface area contributed by atoms with Gasteiger partial charge in [-0.05, 0) is 53.5 Å². The molecule has 0 spiro atoms. The zero-order valence-corrected chi connectivity index (χ0v) is 19.7. The number of nitrogens with zero attached hydrogens (tertiary/aromatic N) is 5. The SMILES string of the molecule is O=c1[nH]c2cc3c(cc2cc1[C@@H](c1nnnn1C[C@H]1CCCO1)N1CCc2ccccc21)OCCO3. The predicted octanol–water partition coefficient (Wildman–Crippen LogP) is 2.62. The Bertz CT molecular complexity index is 1490. The third kappa shape index (κ3) is 3.60. The molecule has 0 bridgehead atoms. The number of hydrogen-bond acceptors (Lipinski definition) is 8. The van der Waals surface area contributed by atoms with Crippen LogP contribution in [-0.4, -0.2) is 57.7 Å². The summed E-state index contributed by atoms with van der Waals surface area (Å²) >= 11 is 0. The Hall–Kier alpha value is -3.92. The summed E-state index contributed by atoms with van der Waals surface area (Å²) in [5.41, 5.74) is 3.44. The van der Waals surface area contributed by atoms with Gasteiger partial charge in [-0.1, -0.05) is 18.2 Å². The second kappa shape index (κ2) is 8.63. The molecule has 10 heteroatoms. The Labute approximate surface area is 206 Å². The maximum Gasteiger partial charge on any atom is 0.254 e. The van der Waals surface area contributed by atoms with Crippen molar-refractivity contribution >= 4 is 16.6 Å². The molecular formula is C26H26N6O4. The number of anilines is 1. The number of ether oxygens (including phenoxy) is 3. The first kappa shape index (κ1) is 21.4. The van der Waals surface area contributed by atoms with Crippen LogP contribution < -0.4 is 19.9 Å². The lowest BCUT2D eigenvalue weighted by atomic mass is 10.0. The van der Waals surface area contributed by atoms with Gasteiger partial charge in [0, 0.05) is 35.9 Å². The maximum absolute atomic E-state index is 13.6. The van der Waals surface area contributed by atoms with E-state index in [1.807, 2.05) is 30.3 Å². The Morgan fingerprint density at radius 2 is 1.94 bits per heavy atom. The molecule has 0 aliphatic carbocycles. The van der Waals surface area contributed by atoms with Crippen LogP contribution in [0.2, 0.25) is 0 Å². The van der Waals surface area contributed by atoms with Gasteiger partial charge < -0.3 is 24.1 Å². The number of benzene rings is 2. The molecule has 1 saturated heterocycles. The molecule has 10 nitrogen and oxygen atoms in total. The second-order valence-corrected chi connectivity index (χ2v) is 9.47.